The van der Waals surface area contributed by atoms with Crippen LogP contribution in [-0.2, 0) is 0 Å². The Morgan fingerprint density at radius 2 is 1.82 bits per heavy atom. The first-order valence-electron chi connectivity index (χ1n) is 6.10. The highest BCUT2D eigenvalue weighted by atomic mass is 35.5. The van der Waals surface area contributed by atoms with Crippen LogP contribution in [-0.4, -0.2) is 37.6 Å². The van der Waals surface area contributed by atoms with Gasteiger partial charge in [-0.25, -0.2) is 0 Å². The molecule has 0 unspecified atom stereocenters. The zero-order chi connectivity index (χ0) is 11.1. The molecule has 1 heterocycles. The first-order chi connectivity index (χ1) is 7.95. The van der Waals surface area contributed by atoms with Crippen LogP contribution in [0.15, 0.2) is 36.4 Å². The van der Waals surface area contributed by atoms with Crippen molar-refractivity contribution < 1.29 is 0 Å². The fourth-order valence-electron chi connectivity index (χ4n) is 1.98. The first kappa shape index (κ1) is 14.2. The fourth-order valence-corrected chi connectivity index (χ4v) is 1.98. The van der Waals surface area contributed by atoms with Crippen LogP contribution in [0.5, 0.6) is 0 Å². The second-order valence-electron chi connectivity index (χ2n) is 4.19. The number of piperazine rings is 1. The highest BCUT2D eigenvalue weighted by Gasteiger charge is 2.06. The van der Waals surface area contributed by atoms with Crippen molar-refractivity contribution in [3.63, 3.8) is 0 Å². The third-order valence-corrected chi connectivity index (χ3v) is 2.93. The smallest absolute Gasteiger partial charge is 0.0107 e. The van der Waals surface area contributed by atoms with Gasteiger partial charge in [0.25, 0.3) is 0 Å². The van der Waals surface area contributed by atoms with E-state index in [-0.39, 0.29) is 12.4 Å². The molecule has 0 atom stereocenters. The van der Waals surface area contributed by atoms with E-state index in [1.165, 1.54) is 25.2 Å². The summed E-state index contributed by atoms with van der Waals surface area (Å²) in [5.74, 6) is 0. The van der Waals surface area contributed by atoms with Crippen LogP contribution in [0.3, 0.4) is 0 Å². The van der Waals surface area contributed by atoms with Crippen molar-refractivity contribution in [1.82, 2.24) is 10.2 Å². The summed E-state index contributed by atoms with van der Waals surface area (Å²) in [5.41, 5.74) is 1.29. The van der Waals surface area contributed by atoms with Crippen molar-refractivity contribution >= 4 is 18.5 Å². The van der Waals surface area contributed by atoms with Crippen LogP contribution in [0.25, 0.3) is 6.08 Å². The number of halogens is 1. The Morgan fingerprint density at radius 3 is 2.53 bits per heavy atom. The summed E-state index contributed by atoms with van der Waals surface area (Å²) < 4.78 is 0. The Balaban J connectivity index is 0.00000144. The van der Waals surface area contributed by atoms with Crippen molar-refractivity contribution in [2.45, 2.75) is 6.42 Å². The maximum Gasteiger partial charge on any atom is 0.0107 e. The van der Waals surface area contributed by atoms with Gasteiger partial charge in [-0.1, -0.05) is 42.5 Å². The van der Waals surface area contributed by atoms with Crippen LogP contribution in [0.1, 0.15) is 12.0 Å². The number of benzene rings is 1. The van der Waals surface area contributed by atoms with E-state index >= 15 is 0 Å². The van der Waals surface area contributed by atoms with E-state index < -0.39 is 0 Å². The lowest BCUT2D eigenvalue weighted by molar-refractivity contribution is 0.245. The fraction of sp³-hybridized carbons (Fsp3) is 0.429. The molecule has 1 aromatic rings. The molecule has 94 valence electrons. The van der Waals surface area contributed by atoms with Gasteiger partial charge in [-0.15, -0.1) is 12.4 Å². The first-order valence-corrected chi connectivity index (χ1v) is 6.10. The number of nitrogens with one attached hydrogen (secondary N) is 1. The molecule has 1 aromatic carbocycles. The van der Waals surface area contributed by atoms with E-state index in [1.807, 2.05) is 0 Å². The molecule has 2 nitrogen and oxygen atoms in total. The van der Waals surface area contributed by atoms with Crippen molar-refractivity contribution in [2.24, 2.45) is 0 Å². The van der Waals surface area contributed by atoms with Gasteiger partial charge >= 0.3 is 0 Å². The van der Waals surface area contributed by atoms with Crippen molar-refractivity contribution in [3.8, 4) is 0 Å². The standard InChI is InChI=1S/C14H20N2.ClH/c1-2-6-14(7-3-1)8-4-5-11-16-12-9-15-10-13-16;/h1-4,6-8,15H,5,9-13H2;1H. The lowest BCUT2D eigenvalue weighted by Gasteiger charge is -2.26. The van der Waals surface area contributed by atoms with Crippen LogP contribution >= 0.6 is 12.4 Å². The van der Waals surface area contributed by atoms with Crippen LogP contribution in [0.4, 0.5) is 0 Å². The molecule has 0 bridgehead atoms. The molecular formula is C14H21ClN2. The van der Waals surface area contributed by atoms with Crippen molar-refractivity contribution in [2.75, 3.05) is 32.7 Å². The van der Waals surface area contributed by atoms with E-state index in [9.17, 15) is 0 Å². The molecule has 1 aliphatic heterocycles. The van der Waals surface area contributed by atoms with Gasteiger partial charge in [-0.2, -0.15) is 0 Å². The summed E-state index contributed by atoms with van der Waals surface area (Å²) in [6.07, 6.45) is 5.63. The Hall–Kier alpha value is -0.830. The van der Waals surface area contributed by atoms with E-state index in [4.69, 9.17) is 0 Å². The minimum Gasteiger partial charge on any atom is -0.314 e. The third-order valence-electron chi connectivity index (χ3n) is 2.93. The summed E-state index contributed by atoms with van der Waals surface area (Å²) in [4.78, 5) is 2.52. The second kappa shape index (κ2) is 8.29. The summed E-state index contributed by atoms with van der Waals surface area (Å²) >= 11 is 0. The zero-order valence-corrected chi connectivity index (χ0v) is 11.0. The second-order valence-corrected chi connectivity index (χ2v) is 4.19. The number of rotatable bonds is 4. The summed E-state index contributed by atoms with van der Waals surface area (Å²) in [6, 6.07) is 10.5. The average molecular weight is 253 g/mol. The minimum absolute atomic E-state index is 0. The van der Waals surface area contributed by atoms with Gasteiger partial charge in [0.2, 0.25) is 0 Å². The quantitative estimate of drug-likeness (QED) is 0.886. The Labute approximate surface area is 110 Å². The predicted octanol–water partition coefficient (Wildman–Crippen LogP) is 2.42. The topological polar surface area (TPSA) is 15.3 Å². The highest BCUT2D eigenvalue weighted by Crippen LogP contribution is 2.02. The molecule has 0 saturated carbocycles. The molecule has 17 heavy (non-hydrogen) atoms. The van der Waals surface area contributed by atoms with E-state index in [0.29, 0.717) is 0 Å². The number of hydrogen-bond acceptors (Lipinski definition) is 2. The van der Waals surface area contributed by atoms with Gasteiger partial charge in [0.15, 0.2) is 0 Å². The molecule has 0 aliphatic carbocycles. The number of hydrogen-bond donors (Lipinski definition) is 1. The monoisotopic (exact) mass is 252 g/mol. The third kappa shape index (κ3) is 5.35. The molecule has 1 saturated heterocycles. The molecule has 0 aromatic heterocycles. The molecule has 0 amide bonds. The van der Waals surface area contributed by atoms with E-state index in [0.717, 1.165) is 19.5 Å². The van der Waals surface area contributed by atoms with Crippen LogP contribution in [0.2, 0.25) is 0 Å². The SMILES string of the molecule is C(=Cc1ccccc1)CCN1CCNCC1.Cl. The largest absolute Gasteiger partial charge is 0.314 e. The summed E-state index contributed by atoms with van der Waals surface area (Å²) in [7, 11) is 0. The average Bonchev–Trinajstić information content (AvgIpc) is 2.37. The van der Waals surface area contributed by atoms with Gasteiger partial charge in [0.1, 0.15) is 0 Å². The van der Waals surface area contributed by atoms with Gasteiger partial charge in [-0.05, 0) is 12.0 Å². The minimum atomic E-state index is 0. The maximum absolute atomic E-state index is 3.37. The maximum atomic E-state index is 3.37. The Kier molecular flexibility index (Phi) is 6.94. The molecular weight excluding hydrogens is 232 g/mol. The molecule has 1 fully saturated rings. The van der Waals surface area contributed by atoms with E-state index in [2.05, 4.69) is 52.7 Å². The predicted molar refractivity (Wildman–Crippen MR) is 76.7 cm³/mol. The molecule has 0 radical (unpaired) electrons. The molecule has 1 N–H and O–H groups in total. The number of nitrogens with zero attached hydrogens (tertiary/aromatic N) is 1. The van der Waals surface area contributed by atoms with Crippen LogP contribution in [0, 0.1) is 0 Å². The molecule has 2 rings (SSSR count). The zero-order valence-electron chi connectivity index (χ0n) is 10.1. The van der Waals surface area contributed by atoms with Gasteiger partial charge < -0.3 is 10.2 Å². The lowest BCUT2D eigenvalue weighted by Crippen LogP contribution is -2.43. The van der Waals surface area contributed by atoms with Gasteiger partial charge in [0, 0.05) is 32.7 Å². The molecule has 3 heteroatoms. The Bertz CT molecular complexity index is 318. The lowest BCUT2D eigenvalue weighted by atomic mass is 10.2. The van der Waals surface area contributed by atoms with Crippen molar-refractivity contribution in [1.29, 1.82) is 0 Å². The van der Waals surface area contributed by atoms with Gasteiger partial charge in [0.05, 0.1) is 0 Å². The van der Waals surface area contributed by atoms with Crippen LogP contribution < -0.4 is 5.32 Å². The molecule has 1 aliphatic rings. The van der Waals surface area contributed by atoms with Crippen molar-refractivity contribution in [3.05, 3.63) is 42.0 Å². The van der Waals surface area contributed by atoms with E-state index in [1.54, 1.807) is 0 Å². The summed E-state index contributed by atoms with van der Waals surface area (Å²) in [5, 5.41) is 3.37. The Morgan fingerprint density at radius 1 is 1.12 bits per heavy atom. The summed E-state index contributed by atoms with van der Waals surface area (Å²) in [6.45, 7) is 5.86. The highest BCUT2D eigenvalue weighted by molar-refractivity contribution is 5.85. The molecule has 0 spiro atoms. The van der Waals surface area contributed by atoms with Gasteiger partial charge in [-0.3, -0.25) is 0 Å². The normalized spacial score (nSPS) is 16.9.